The second kappa shape index (κ2) is 10.00. The first-order valence-electron chi connectivity index (χ1n) is 10.2. The fourth-order valence-corrected chi connectivity index (χ4v) is 4.32. The van der Waals surface area contributed by atoms with Gasteiger partial charge in [-0.3, -0.25) is 0 Å². The van der Waals surface area contributed by atoms with Gasteiger partial charge in [0.25, 0.3) is 0 Å². The quantitative estimate of drug-likeness (QED) is 0.687. The van der Waals surface area contributed by atoms with E-state index >= 15 is 0 Å². The molecule has 0 atom stereocenters. The standard InChI is InChI=1S/C23H31N3O3S/c1-16-12-17(2)14-19(13-16)24-23(30)26-10-8-25(9-11-26)15-18-6-7-20(27-3)22(29-5)21(18)28-4/h6-7,12-14H,8-11,15H2,1-5H3,(H,24,30)/p+1. The van der Waals surface area contributed by atoms with Gasteiger partial charge in [0.05, 0.1) is 53.1 Å². The molecule has 0 radical (unpaired) electrons. The molecule has 162 valence electrons. The maximum atomic E-state index is 5.67. The largest absolute Gasteiger partial charge is 0.493 e. The van der Waals surface area contributed by atoms with E-state index in [-0.39, 0.29) is 0 Å². The number of nitrogens with zero attached hydrogens (tertiary/aromatic N) is 1. The fraction of sp³-hybridized carbons (Fsp3) is 0.435. The van der Waals surface area contributed by atoms with E-state index in [4.69, 9.17) is 26.4 Å². The number of benzene rings is 2. The molecule has 30 heavy (non-hydrogen) atoms. The van der Waals surface area contributed by atoms with Gasteiger partial charge in [-0.15, -0.1) is 0 Å². The number of nitrogens with one attached hydrogen (secondary N) is 2. The summed E-state index contributed by atoms with van der Waals surface area (Å²) in [6.07, 6.45) is 0. The summed E-state index contributed by atoms with van der Waals surface area (Å²) in [5, 5.41) is 4.20. The molecule has 1 aliphatic rings. The van der Waals surface area contributed by atoms with Gasteiger partial charge in [-0.1, -0.05) is 6.07 Å². The van der Waals surface area contributed by atoms with E-state index in [9.17, 15) is 0 Å². The molecule has 0 spiro atoms. The lowest BCUT2D eigenvalue weighted by molar-refractivity contribution is -0.917. The first-order chi connectivity index (χ1) is 14.4. The topological polar surface area (TPSA) is 47.4 Å². The number of thiocarbonyl (C=S) groups is 1. The van der Waals surface area contributed by atoms with Crippen molar-refractivity contribution in [3.05, 3.63) is 47.0 Å². The zero-order valence-electron chi connectivity index (χ0n) is 18.5. The summed E-state index contributed by atoms with van der Waals surface area (Å²) in [6.45, 7) is 8.92. The highest BCUT2D eigenvalue weighted by Crippen LogP contribution is 2.39. The monoisotopic (exact) mass is 430 g/mol. The van der Waals surface area contributed by atoms with Gasteiger partial charge < -0.3 is 29.3 Å². The molecule has 1 aliphatic heterocycles. The van der Waals surface area contributed by atoms with Crippen molar-refractivity contribution < 1.29 is 19.1 Å². The molecule has 0 bridgehead atoms. The van der Waals surface area contributed by atoms with Crippen LogP contribution in [0.25, 0.3) is 0 Å². The Hall–Kier alpha value is -2.51. The molecule has 1 fully saturated rings. The minimum atomic E-state index is 0.648. The summed E-state index contributed by atoms with van der Waals surface area (Å²) in [6, 6.07) is 10.4. The lowest BCUT2D eigenvalue weighted by Gasteiger charge is -2.34. The Balaban J connectivity index is 1.60. The summed E-state index contributed by atoms with van der Waals surface area (Å²) in [7, 11) is 4.95. The van der Waals surface area contributed by atoms with Crippen molar-refractivity contribution in [2.24, 2.45) is 0 Å². The molecule has 0 unspecified atom stereocenters. The van der Waals surface area contributed by atoms with E-state index in [0.717, 1.165) is 54.8 Å². The van der Waals surface area contributed by atoms with Crippen LogP contribution in [0.3, 0.4) is 0 Å². The number of anilines is 1. The summed E-state index contributed by atoms with van der Waals surface area (Å²) in [4.78, 5) is 3.74. The average Bonchev–Trinajstić information content (AvgIpc) is 2.73. The van der Waals surface area contributed by atoms with Crippen LogP contribution < -0.4 is 24.4 Å². The van der Waals surface area contributed by atoms with Crippen molar-refractivity contribution in [3.8, 4) is 17.2 Å². The van der Waals surface area contributed by atoms with Gasteiger partial charge in [0.2, 0.25) is 5.75 Å². The van der Waals surface area contributed by atoms with E-state index in [1.54, 1.807) is 21.3 Å². The summed E-state index contributed by atoms with van der Waals surface area (Å²) in [5.41, 5.74) is 4.65. The van der Waals surface area contributed by atoms with Crippen molar-refractivity contribution in [1.29, 1.82) is 0 Å². The van der Waals surface area contributed by atoms with Gasteiger partial charge in [-0.2, -0.15) is 0 Å². The normalized spacial score (nSPS) is 14.4. The molecular weight excluding hydrogens is 398 g/mol. The first kappa shape index (κ1) is 22.2. The second-order valence-corrected chi connectivity index (χ2v) is 8.10. The molecule has 6 nitrogen and oxygen atoms in total. The van der Waals surface area contributed by atoms with Crippen LogP contribution >= 0.6 is 12.2 Å². The van der Waals surface area contributed by atoms with Crippen LogP contribution in [0.5, 0.6) is 17.2 Å². The Kier molecular flexibility index (Phi) is 7.39. The van der Waals surface area contributed by atoms with Crippen molar-refractivity contribution in [2.45, 2.75) is 20.4 Å². The molecule has 3 rings (SSSR count). The number of piperazine rings is 1. The van der Waals surface area contributed by atoms with Gasteiger partial charge in [0.1, 0.15) is 6.54 Å². The van der Waals surface area contributed by atoms with Gasteiger partial charge in [-0.25, -0.2) is 0 Å². The Bertz CT molecular complexity index is 875. The van der Waals surface area contributed by atoms with Crippen molar-refractivity contribution >= 4 is 23.0 Å². The van der Waals surface area contributed by atoms with Crippen molar-refractivity contribution in [3.63, 3.8) is 0 Å². The molecule has 0 aliphatic carbocycles. The second-order valence-electron chi connectivity index (χ2n) is 7.71. The number of hydrogen-bond acceptors (Lipinski definition) is 4. The number of ether oxygens (including phenoxy) is 3. The fourth-order valence-electron chi connectivity index (χ4n) is 4.02. The number of aryl methyl sites for hydroxylation is 2. The predicted octanol–water partition coefficient (Wildman–Crippen LogP) is 2.43. The lowest BCUT2D eigenvalue weighted by atomic mass is 10.1. The molecule has 2 N–H and O–H groups in total. The zero-order chi connectivity index (χ0) is 21.7. The molecule has 2 aromatic rings. The zero-order valence-corrected chi connectivity index (χ0v) is 19.3. The Labute approximate surface area is 184 Å². The highest BCUT2D eigenvalue weighted by Gasteiger charge is 2.25. The minimum absolute atomic E-state index is 0.648. The smallest absolute Gasteiger partial charge is 0.203 e. The number of hydrogen-bond donors (Lipinski definition) is 2. The Morgan fingerprint density at radius 2 is 1.60 bits per heavy atom. The number of quaternary nitrogens is 1. The van der Waals surface area contributed by atoms with Crippen LogP contribution in [0.1, 0.15) is 16.7 Å². The average molecular weight is 431 g/mol. The molecule has 2 aromatic carbocycles. The molecule has 7 heteroatoms. The van der Waals surface area contributed by atoms with E-state index in [1.807, 2.05) is 6.07 Å². The number of rotatable bonds is 6. The molecular formula is C23H32N3O3S+. The van der Waals surface area contributed by atoms with Crippen LogP contribution in [0.15, 0.2) is 30.3 Å². The van der Waals surface area contributed by atoms with Crippen molar-refractivity contribution in [1.82, 2.24) is 4.90 Å². The highest BCUT2D eigenvalue weighted by atomic mass is 32.1. The third-order valence-electron chi connectivity index (χ3n) is 5.46. The predicted molar refractivity (Wildman–Crippen MR) is 124 cm³/mol. The highest BCUT2D eigenvalue weighted by molar-refractivity contribution is 7.80. The Morgan fingerprint density at radius 1 is 0.967 bits per heavy atom. The lowest BCUT2D eigenvalue weighted by Crippen LogP contribution is -3.13. The maximum Gasteiger partial charge on any atom is 0.203 e. The van der Waals surface area contributed by atoms with Crippen LogP contribution in [-0.2, 0) is 6.54 Å². The molecule has 0 aromatic heterocycles. The summed E-state index contributed by atoms with van der Waals surface area (Å²) >= 11 is 5.67. The van der Waals surface area contributed by atoms with E-state index in [1.165, 1.54) is 16.0 Å². The van der Waals surface area contributed by atoms with Gasteiger partial charge >= 0.3 is 0 Å². The van der Waals surface area contributed by atoms with E-state index in [0.29, 0.717) is 11.5 Å². The van der Waals surface area contributed by atoms with Gasteiger partial charge in [0.15, 0.2) is 16.6 Å². The van der Waals surface area contributed by atoms with E-state index < -0.39 is 0 Å². The van der Waals surface area contributed by atoms with Crippen LogP contribution in [-0.4, -0.2) is 57.5 Å². The first-order valence-corrected chi connectivity index (χ1v) is 10.6. The summed E-state index contributed by atoms with van der Waals surface area (Å²) in [5.74, 6) is 2.08. The third kappa shape index (κ3) is 5.15. The number of methoxy groups -OCH3 is 3. The van der Waals surface area contributed by atoms with Crippen molar-refractivity contribution in [2.75, 3.05) is 52.8 Å². The molecule has 1 saturated heterocycles. The molecule has 1 heterocycles. The molecule has 0 amide bonds. The van der Waals surface area contributed by atoms with Gasteiger partial charge in [0, 0.05) is 5.69 Å². The Morgan fingerprint density at radius 3 is 2.17 bits per heavy atom. The molecule has 0 saturated carbocycles. The van der Waals surface area contributed by atoms with E-state index in [2.05, 4.69) is 48.3 Å². The maximum absolute atomic E-state index is 5.67. The van der Waals surface area contributed by atoms with Gasteiger partial charge in [-0.05, 0) is 61.5 Å². The van der Waals surface area contributed by atoms with Crippen LogP contribution in [0.2, 0.25) is 0 Å². The SMILES string of the molecule is COc1ccc(C[NH+]2CCN(C(=S)Nc3cc(C)cc(C)c3)CC2)c(OC)c1OC. The summed E-state index contributed by atoms with van der Waals surface area (Å²) < 4.78 is 16.5. The van der Waals surface area contributed by atoms with Crippen LogP contribution in [0.4, 0.5) is 5.69 Å². The minimum Gasteiger partial charge on any atom is -0.493 e. The third-order valence-corrected chi connectivity index (χ3v) is 5.82. The van der Waals surface area contributed by atoms with Crippen LogP contribution in [0, 0.1) is 13.8 Å².